The fourth-order valence-electron chi connectivity index (χ4n) is 6.90. The van der Waals surface area contributed by atoms with Crippen LogP contribution < -0.4 is 66.5 Å². The molecule has 78 heavy (non-hydrogen) atoms. The Labute approximate surface area is 497 Å². The number of nitrogens with zero attached hydrogens (tertiary/aromatic N) is 9. The quantitative estimate of drug-likeness (QED) is 0.0285. The van der Waals surface area contributed by atoms with Gasteiger partial charge in [0.05, 0.1) is 0 Å². The lowest BCUT2D eigenvalue weighted by Gasteiger charge is -2.47. The van der Waals surface area contributed by atoms with Crippen molar-refractivity contribution in [3.05, 3.63) is 0 Å². The van der Waals surface area contributed by atoms with Crippen molar-refractivity contribution in [2.75, 3.05) is 125 Å². The number of nitrogens with one attached hydrogen (secondary N) is 13. The first-order valence-corrected chi connectivity index (χ1v) is 38.5. The molecule has 0 saturated heterocycles. The summed E-state index contributed by atoms with van der Waals surface area (Å²) in [6.45, 7) is 57.7. The van der Waals surface area contributed by atoms with Crippen molar-refractivity contribution in [1.82, 2.24) is 111 Å². The lowest BCUT2D eigenvalue weighted by Crippen LogP contribution is -2.82. The molecule has 13 N–H and O–H groups in total. The van der Waals surface area contributed by atoms with Crippen LogP contribution in [0.1, 0.15) is 159 Å². The molecule has 480 valence electrons. The molecule has 0 rings (SSSR count). The minimum Gasteiger partial charge on any atom is -0.317 e. The van der Waals surface area contributed by atoms with Gasteiger partial charge < -0.3 is 24.1 Å². The molecule has 0 atom stereocenters. The minimum absolute atomic E-state index is 0.0845. The highest BCUT2D eigenvalue weighted by atomic mass is 28.4. The van der Waals surface area contributed by atoms with Crippen molar-refractivity contribution in [2.45, 2.75) is 218 Å². The molecule has 0 fully saturated rings. The summed E-state index contributed by atoms with van der Waals surface area (Å²) in [6.07, 6.45) is 0.111. The summed E-state index contributed by atoms with van der Waals surface area (Å²) in [5.74, 6) is 0. The fourth-order valence-corrected chi connectivity index (χ4v) is 17.0. The second kappa shape index (κ2) is 47.4. The number of rotatable bonds is 30. The molecule has 0 spiro atoms. The normalized spacial score (nSPS) is 13.0. The Kier molecular flexibility index (Phi) is 54.4. The van der Waals surface area contributed by atoms with E-state index in [1.54, 1.807) is 0 Å². The lowest BCUT2D eigenvalue weighted by atomic mass is 10.1. The van der Waals surface area contributed by atoms with Crippen molar-refractivity contribution in [3.8, 4) is 0 Å². The summed E-state index contributed by atoms with van der Waals surface area (Å²) < 4.78 is 5.15. The smallest absolute Gasteiger partial charge is 0.317 e. The van der Waals surface area contributed by atoms with Gasteiger partial charge in [-0.1, -0.05) is 96.9 Å². The van der Waals surface area contributed by atoms with E-state index in [4.69, 9.17) is 0 Å². The maximum absolute atomic E-state index is 3.56. The van der Waals surface area contributed by atoms with Crippen LogP contribution >= 0.6 is 0 Å². The molecular formula is C51H146N22Si5. The molecule has 22 nitrogen and oxygen atoms in total. The van der Waals surface area contributed by atoms with Crippen molar-refractivity contribution in [3.63, 3.8) is 0 Å². The van der Waals surface area contributed by atoms with E-state index < -0.39 is 36.1 Å². The van der Waals surface area contributed by atoms with Gasteiger partial charge in [0.1, 0.15) is 6.29 Å². The molecule has 0 unspecified atom stereocenters. The van der Waals surface area contributed by atoms with Crippen LogP contribution in [0.2, 0.25) is 17.6 Å². The molecule has 0 heterocycles. The first-order chi connectivity index (χ1) is 35.1. The average molecular weight is 1210 g/mol. The molecule has 0 saturated carbocycles. The zero-order valence-corrected chi connectivity index (χ0v) is 65.2. The highest BCUT2D eigenvalue weighted by Gasteiger charge is 2.48. The molecule has 0 aromatic rings. The molecule has 27 heteroatoms. The third kappa shape index (κ3) is 65.4. The average Bonchev–Trinajstić information content (AvgIpc) is 3.17. The van der Waals surface area contributed by atoms with Gasteiger partial charge >= 0.3 is 8.56 Å². The van der Waals surface area contributed by atoms with E-state index in [0.717, 1.165) is 0 Å². The van der Waals surface area contributed by atoms with E-state index in [1.165, 1.54) is 32.2 Å². The van der Waals surface area contributed by atoms with Gasteiger partial charge in [-0.3, -0.25) is 71.4 Å². The third-order valence-corrected chi connectivity index (χ3v) is 24.3. The van der Waals surface area contributed by atoms with Crippen molar-refractivity contribution >= 4 is 45.9 Å². The molecule has 0 bridgehead atoms. The molecule has 0 aromatic heterocycles. The number of hydrazine groups is 7. The van der Waals surface area contributed by atoms with Crippen LogP contribution in [-0.4, -0.2) is 256 Å². The van der Waals surface area contributed by atoms with Crippen LogP contribution in [0.4, 0.5) is 0 Å². The minimum atomic E-state index is -2.16. The van der Waals surface area contributed by atoms with E-state index in [-0.39, 0.29) is 37.8 Å². The van der Waals surface area contributed by atoms with Crippen LogP contribution in [0, 0.1) is 0 Å². The van der Waals surface area contributed by atoms with E-state index in [9.17, 15) is 0 Å². The Morgan fingerprint density at radius 1 is 0.397 bits per heavy atom. The molecule has 0 aromatic carbocycles. The summed E-state index contributed by atoms with van der Waals surface area (Å²) in [6, 6.07) is 2.84. The summed E-state index contributed by atoms with van der Waals surface area (Å²) in [5.41, 5.74) is 0.253. The van der Waals surface area contributed by atoms with E-state index in [0.29, 0.717) is 18.1 Å². The number of hydrogen-bond acceptors (Lipinski definition) is 22. The van der Waals surface area contributed by atoms with Gasteiger partial charge in [0.15, 0.2) is 9.84 Å². The second-order valence-electron chi connectivity index (χ2n) is 26.6. The molecule has 0 radical (unpaired) electrons. The van der Waals surface area contributed by atoms with Crippen LogP contribution in [-0.2, 0) is 0 Å². The molecular weight excluding hydrogens is 1060 g/mol. The predicted molar refractivity (Wildman–Crippen MR) is 363 cm³/mol. The third-order valence-electron chi connectivity index (χ3n) is 9.86. The van der Waals surface area contributed by atoms with Crippen LogP contribution in [0.25, 0.3) is 0 Å². The van der Waals surface area contributed by atoms with Gasteiger partial charge in [-0.2, -0.15) is 0 Å². The Bertz CT molecular complexity index is 1190. The second-order valence-corrected chi connectivity index (χ2v) is 38.6. The highest BCUT2D eigenvalue weighted by molar-refractivity contribution is 6.75. The largest absolute Gasteiger partial charge is 0.328 e. The standard InChI is InChI=1S/C13H31N3.C10H30N6Si.C9H25N3Si.C8H22N2Si.C6H20N4Si.C5H18N4Si/c1-11(2,3)14-10(15-12(4,5)6)16-13(7,8)9;1-10(2,3)17(11-14(4)5,12-15(6)7)13-16(8)9;1-7(2)10-13(11-8(3)4)12-9(5)6;1-5-9(6-2)11-10(7-3)8-4;1-6-11(7-9(2)3)8-10(4)5;1-8(2)6-10(5)7-9(3)4/h10,14-16H,1-9H3;11-13H,1-9H3;7-13H,1-6H3;5-8,11H2,1-4H3;7-8,11H,6H2,1-5H3;6-7,10H,1-5H3. The monoisotopic (exact) mass is 1210 g/mol. The maximum atomic E-state index is 3.56. The molecule has 0 aliphatic heterocycles. The first kappa shape index (κ1) is 89.4. The highest BCUT2D eigenvalue weighted by Crippen LogP contribution is 2.30. The Morgan fingerprint density at radius 3 is 0.795 bits per heavy atom. The Hall–Kier alpha value is 0.204. The summed E-state index contributed by atoms with van der Waals surface area (Å²) in [4.78, 5) is 10.7. The van der Waals surface area contributed by atoms with Crippen molar-refractivity contribution < 1.29 is 0 Å². The van der Waals surface area contributed by atoms with Crippen LogP contribution in [0.5, 0.6) is 0 Å². The van der Waals surface area contributed by atoms with Gasteiger partial charge in [-0.25, -0.2) is 15.3 Å². The Morgan fingerprint density at radius 2 is 0.641 bits per heavy atom. The zero-order valence-electron chi connectivity index (χ0n) is 59.3. The lowest BCUT2D eigenvalue weighted by molar-refractivity contribution is 0.192. The van der Waals surface area contributed by atoms with E-state index >= 15 is 0 Å². The summed E-state index contributed by atoms with van der Waals surface area (Å²) >= 11 is 0. The van der Waals surface area contributed by atoms with Gasteiger partial charge in [-0.15, -0.1) is 0 Å². The Balaban J connectivity index is -0.000000202. The fraction of sp³-hybridized carbons (Fsp3) is 1.00. The predicted octanol–water partition coefficient (Wildman–Crippen LogP) is 2.05. The van der Waals surface area contributed by atoms with Crippen LogP contribution in [0.15, 0.2) is 0 Å². The molecule has 0 aliphatic rings. The van der Waals surface area contributed by atoms with E-state index in [1.807, 2.05) is 134 Å². The van der Waals surface area contributed by atoms with Crippen molar-refractivity contribution in [2.24, 2.45) is 0 Å². The first-order valence-electron chi connectivity index (χ1n) is 29.2. The van der Waals surface area contributed by atoms with Gasteiger partial charge in [-0.05, 0) is 119 Å². The zero-order chi connectivity index (χ0) is 63.2. The van der Waals surface area contributed by atoms with E-state index in [2.05, 4.69) is 241 Å². The number of hydrogen-bond donors (Lipinski definition) is 13. The van der Waals surface area contributed by atoms with Crippen LogP contribution in [0.3, 0.4) is 0 Å². The maximum Gasteiger partial charge on any atom is 0.328 e. The van der Waals surface area contributed by atoms with Crippen molar-refractivity contribution in [1.29, 1.82) is 0 Å². The molecule has 0 amide bonds. The van der Waals surface area contributed by atoms with Gasteiger partial charge in [0.2, 0.25) is 18.2 Å². The SMILES string of the molecule is CC(C)(C)NC(NC(C)(C)C)NC(C)(C)C.CC(C)N[SiH](NC(C)C)NC(C)C.CCN(CC)[SiH2]N(CC)CC.CC[SiH](NN(C)C)NN(C)C.CN(C)N[SiH](C)NN(C)C.CN(C)N[Si](NN(C)C)(NN(C)C)C(C)(C)C. The van der Waals surface area contributed by atoms with Gasteiger partial charge in [0, 0.05) is 120 Å². The molecule has 0 aliphatic carbocycles. The summed E-state index contributed by atoms with van der Waals surface area (Å²) in [5, 5.41) is 48.8. The topological polar surface area (TPSA) is 186 Å². The summed E-state index contributed by atoms with van der Waals surface area (Å²) in [7, 11) is 22.8. The van der Waals surface area contributed by atoms with Gasteiger partial charge in [0.25, 0.3) is 9.28 Å².